The minimum Gasteiger partial charge on any atom is -0.462 e. The molecular weight excluding hydrogens is 677 g/mol. The summed E-state index contributed by atoms with van der Waals surface area (Å²) in [6.45, 7) is 21.7. The predicted molar refractivity (Wildman–Crippen MR) is 216 cm³/mol. The van der Waals surface area contributed by atoms with Crippen molar-refractivity contribution in [2.24, 2.45) is 0 Å². The molecule has 2 heterocycles. The summed E-state index contributed by atoms with van der Waals surface area (Å²) in [7, 11) is 0. The van der Waals surface area contributed by atoms with E-state index in [2.05, 4.69) is 116 Å². The van der Waals surface area contributed by atoms with Crippen molar-refractivity contribution < 1.29 is 28.7 Å². The molecule has 4 rings (SSSR count). The highest BCUT2D eigenvalue weighted by molar-refractivity contribution is 5.70. The van der Waals surface area contributed by atoms with Crippen molar-refractivity contribution in [3.8, 4) is 0 Å². The molecule has 2 aromatic carbocycles. The van der Waals surface area contributed by atoms with Gasteiger partial charge in [-0.2, -0.15) is 10.1 Å². The Balaban J connectivity index is 1.07. The molecule has 2 atom stereocenters. The SMILES string of the molecule is CC(CCc1ccccc1)ON1C(C)(C)CC(OC(=O)CCCCCCCCC(=O)OC2CC(C)(C)N(OC(C)c3ccccc3)C(C)(C)C2)CC1(C)C. The van der Waals surface area contributed by atoms with Gasteiger partial charge in [-0.25, -0.2) is 0 Å². The average Bonchev–Trinajstić information content (AvgIpc) is 3.08. The molecular formula is C46H72N2O6. The third-order valence-electron chi connectivity index (χ3n) is 11.2. The van der Waals surface area contributed by atoms with Crippen LogP contribution in [0.25, 0.3) is 0 Å². The molecule has 0 bridgehead atoms. The Morgan fingerprint density at radius 3 is 1.43 bits per heavy atom. The van der Waals surface area contributed by atoms with E-state index in [1.807, 2.05) is 24.3 Å². The first-order chi connectivity index (χ1) is 25.4. The maximum atomic E-state index is 12.9. The van der Waals surface area contributed by atoms with Crippen molar-refractivity contribution in [1.29, 1.82) is 0 Å². The van der Waals surface area contributed by atoms with Crippen molar-refractivity contribution >= 4 is 11.9 Å². The summed E-state index contributed by atoms with van der Waals surface area (Å²) in [5, 5.41) is 4.28. The molecule has 8 heteroatoms. The zero-order valence-electron chi connectivity index (χ0n) is 35.3. The van der Waals surface area contributed by atoms with Gasteiger partial charge in [-0.05, 0) is 106 Å². The fourth-order valence-electron chi connectivity index (χ4n) is 9.01. The lowest BCUT2D eigenvalue weighted by Gasteiger charge is -2.54. The Bertz CT molecular complexity index is 1410. The molecule has 2 fully saturated rings. The van der Waals surface area contributed by atoms with Gasteiger partial charge in [0.1, 0.15) is 18.3 Å². The van der Waals surface area contributed by atoms with Gasteiger partial charge in [-0.15, -0.1) is 0 Å². The van der Waals surface area contributed by atoms with E-state index in [0.717, 1.165) is 82.6 Å². The zero-order valence-corrected chi connectivity index (χ0v) is 35.3. The van der Waals surface area contributed by atoms with E-state index in [4.69, 9.17) is 19.1 Å². The number of benzene rings is 2. The van der Waals surface area contributed by atoms with Gasteiger partial charge in [0.15, 0.2) is 0 Å². The van der Waals surface area contributed by atoms with Gasteiger partial charge >= 0.3 is 11.9 Å². The van der Waals surface area contributed by atoms with E-state index in [0.29, 0.717) is 12.8 Å². The second-order valence-corrected chi connectivity index (χ2v) is 18.6. The largest absolute Gasteiger partial charge is 0.462 e. The summed E-state index contributed by atoms with van der Waals surface area (Å²) < 4.78 is 12.1. The highest BCUT2D eigenvalue weighted by Gasteiger charge is 2.49. The van der Waals surface area contributed by atoms with Crippen LogP contribution in [0.4, 0.5) is 0 Å². The number of hydroxylamine groups is 4. The lowest BCUT2D eigenvalue weighted by atomic mass is 9.80. The lowest BCUT2D eigenvalue weighted by Crippen LogP contribution is -2.62. The number of rotatable bonds is 19. The summed E-state index contributed by atoms with van der Waals surface area (Å²) in [5.41, 5.74) is 1.37. The Hall–Kier alpha value is -2.78. The van der Waals surface area contributed by atoms with Crippen LogP contribution in [0.5, 0.6) is 0 Å². The number of unbranched alkanes of at least 4 members (excludes halogenated alkanes) is 5. The number of esters is 2. The molecule has 2 aliphatic heterocycles. The number of nitrogens with zero attached hydrogens (tertiary/aromatic N) is 2. The maximum Gasteiger partial charge on any atom is 0.306 e. The average molecular weight is 749 g/mol. The Morgan fingerprint density at radius 2 is 0.981 bits per heavy atom. The van der Waals surface area contributed by atoms with Crippen LogP contribution in [-0.2, 0) is 35.2 Å². The van der Waals surface area contributed by atoms with Crippen LogP contribution in [0.3, 0.4) is 0 Å². The number of carbonyl (C=O) groups is 2. The monoisotopic (exact) mass is 749 g/mol. The fraction of sp³-hybridized carbons (Fsp3) is 0.696. The summed E-state index contributed by atoms with van der Waals surface area (Å²) in [6.07, 6.45) is 11.2. The smallest absolute Gasteiger partial charge is 0.306 e. The first kappa shape index (κ1) is 43.9. The topological polar surface area (TPSA) is 77.5 Å². The number of aryl methyl sites for hydroxylation is 1. The number of piperidine rings is 2. The number of hydrogen-bond acceptors (Lipinski definition) is 8. The normalized spacial score (nSPS) is 21.3. The van der Waals surface area contributed by atoms with Gasteiger partial charge in [0.25, 0.3) is 0 Å². The molecule has 0 saturated carbocycles. The molecule has 0 N–H and O–H groups in total. The van der Waals surface area contributed by atoms with Crippen LogP contribution in [0, 0.1) is 0 Å². The molecule has 0 amide bonds. The molecule has 2 saturated heterocycles. The van der Waals surface area contributed by atoms with Crippen molar-refractivity contribution in [3.05, 3.63) is 71.8 Å². The molecule has 0 radical (unpaired) electrons. The van der Waals surface area contributed by atoms with Crippen LogP contribution >= 0.6 is 0 Å². The molecule has 0 spiro atoms. The third-order valence-corrected chi connectivity index (χ3v) is 11.2. The van der Waals surface area contributed by atoms with Crippen LogP contribution in [-0.4, -0.2) is 62.5 Å². The lowest BCUT2D eigenvalue weighted by molar-refractivity contribution is -0.314. The van der Waals surface area contributed by atoms with Crippen molar-refractivity contribution in [1.82, 2.24) is 10.1 Å². The van der Waals surface area contributed by atoms with Crippen LogP contribution in [0.15, 0.2) is 60.7 Å². The molecule has 0 aromatic heterocycles. The van der Waals surface area contributed by atoms with Gasteiger partial charge in [0, 0.05) is 60.7 Å². The van der Waals surface area contributed by atoms with E-state index < -0.39 is 0 Å². The first-order valence-corrected chi connectivity index (χ1v) is 20.8. The fourth-order valence-corrected chi connectivity index (χ4v) is 9.01. The minimum atomic E-state index is -0.288. The second kappa shape index (κ2) is 19.4. The van der Waals surface area contributed by atoms with Gasteiger partial charge < -0.3 is 9.47 Å². The number of carbonyl (C=O) groups excluding carboxylic acids is 2. The quantitative estimate of drug-likeness (QED) is 0.104. The van der Waals surface area contributed by atoms with E-state index in [1.54, 1.807) is 0 Å². The summed E-state index contributed by atoms with van der Waals surface area (Å²) in [5.74, 6) is -0.211. The predicted octanol–water partition coefficient (Wildman–Crippen LogP) is 10.9. The Labute approximate surface area is 327 Å². The Morgan fingerprint density at radius 1 is 0.593 bits per heavy atom. The number of ether oxygens (including phenoxy) is 2. The summed E-state index contributed by atoms with van der Waals surface area (Å²) >= 11 is 0. The van der Waals surface area contributed by atoms with E-state index in [-0.39, 0.29) is 58.5 Å². The van der Waals surface area contributed by atoms with Gasteiger partial charge in [-0.1, -0.05) is 86.3 Å². The summed E-state index contributed by atoms with van der Waals surface area (Å²) in [4.78, 5) is 38.8. The zero-order chi connectivity index (χ0) is 39.6. The third kappa shape index (κ3) is 13.2. The van der Waals surface area contributed by atoms with Gasteiger partial charge in [0.2, 0.25) is 0 Å². The molecule has 54 heavy (non-hydrogen) atoms. The molecule has 2 aliphatic rings. The summed E-state index contributed by atoms with van der Waals surface area (Å²) in [6, 6.07) is 20.8. The van der Waals surface area contributed by atoms with E-state index in [1.165, 1.54) is 5.56 Å². The standard InChI is InChI=1S/C46H72N2O6/c1-35(29-30-37-23-17-15-18-24-37)53-47-43(3,4)31-39(32-44(47,5)6)51-41(49)27-21-13-11-12-14-22-28-42(50)52-40-33-45(7,8)48(46(9,10)34-40)54-36(2)38-25-19-16-20-26-38/h15-20,23-26,35-36,39-40H,11-14,21-22,27-34H2,1-10H3. The van der Waals surface area contributed by atoms with E-state index >= 15 is 0 Å². The molecule has 302 valence electrons. The molecule has 2 unspecified atom stereocenters. The number of hydrogen-bond donors (Lipinski definition) is 0. The van der Waals surface area contributed by atoms with Crippen LogP contribution in [0.2, 0.25) is 0 Å². The van der Waals surface area contributed by atoms with E-state index in [9.17, 15) is 9.59 Å². The van der Waals surface area contributed by atoms with Crippen molar-refractivity contribution in [2.45, 2.75) is 206 Å². The highest BCUT2D eigenvalue weighted by atomic mass is 16.7. The molecule has 8 nitrogen and oxygen atoms in total. The second-order valence-electron chi connectivity index (χ2n) is 18.6. The van der Waals surface area contributed by atoms with Crippen molar-refractivity contribution in [3.63, 3.8) is 0 Å². The maximum absolute atomic E-state index is 12.9. The highest BCUT2D eigenvalue weighted by Crippen LogP contribution is 2.43. The Kier molecular flexibility index (Phi) is 15.8. The van der Waals surface area contributed by atoms with Gasteiger partial charge in [0.05, 0.1) is 6.10 Å². The molecule has 2 aromatic rings. The van der Waals surface area contributed by atoms with Crippen molar-refractivity contribution in [2.75, 3.05) is 0 Å². The molecule has 0 aliphatic carbocycles. The van der Waals surface area contributed by atoms with Crippen LogP contribution in [0.1, 0.15) is 170 Å². The van der Waals surface area contributed by atoms with Crippen LogP contribution < -0.4 is 0 Å². The minimum absolute atomic E-state index is 0.0718. The first-order valence-electron chi connectivity index (χ1n) is 20.8. The van der Waals surface area contributed by atoms with Gasteiger partial charge in [-0.3, -0.25) is 19.3 Å².